The molecule has 1 aromatic carbocycles. The second-order valence-electron chi connectivity index (χ2n) is 5.98. The van der Waals surface area contributed by atoms with E-state index in [2.05, 4.69) is 10.3 Å². The highest BCUT2D eigenvalue weighted by Crippen LogP contribution is 2.17. The Morgan fingerprint density at radius 1 is 1.11 bits per heavy atom. The number of nitrogens with one attached hydrogen (secondary N) is 1. The van der Waals surface area contributed by atoms with Gasteiger partial charge in [-0.05, 0) is 0 Å². The number of aromatic nitrogens is 2. The maximum atomic E-state index is 12.8. The van der Waals surface area contributed by atoms with Gasteiger partial charge in [0.05, 0.1) is 6.20 Å². The zero-order valence-electron chi connectivity index (χ0n) is 14.9. The molecule has 10 heteroatoms. The minimum atomic E-state index is -0.996. The molecule has 1 aliphatic heterocycles. The Labute approximate surface area is 158 Å². The SMILES string of the molecule is CC(=O)Nc1cnc(-c2ccccc2)n(CC(=O)ON2C(=O)CCC2=O)c1=O. The van der Waals surface area contributed by atoms with Crippen molar-refractivity contribution in [1.82, 2.24) is 14.6 Å². The van der Waals surface area contributed by atoms with Gasteiger partial charge in [0.25, 0.3) is 17.4 Å². The molecule has 0 aliphatic carbocycles. The highest BCUT2D eigenvalue weighted by molar-refractivity contribution is 6.01. The van der Waals surface area contributed by atoms with Gasteiger partial charge in [0.1, 0.15) is 18.1 Å². The molecule has 0 atom stereocenters. The Hall–Kier alpha value is -3.82. The summed E-state index contributed by atoms with van der Waals surface area (Å²) in [6, 6.07) is 8.61. The maximum Gasteiger partial charge on any atom is 0.352 e. The van der Waals surface area contributed by atoms with Crippen LogP contribution in [-0.2, 0) is 30.6 Å². The lowest BCUT2D eigenvalue weighted by atomic mass is 10.2. The fourth-order valence-corrected chi connectivity index (χ4v) is 2.65. The van der Waals surface area contributed by atoms with E-state index in [0.717, 1.165) is 4.57 Å². The van der Waals surface area contributed by atoms with Gasteiger partial charge < -0.3 is 10.2 Å². The number of carbonyl (C=O) groups excluding carboxylic acids is 4. The van der Waals surface area contributed by atoms with Gasteiger partial charge in [0.2, 0.25) is 5.91 Å². The topological polar surface area (TPSA) is 128 Å². The molecule has 1 N–H and O–H groups in total. The second kappa shape index (κ2) is 7.82. The normalized spacial score (nSPS) is 13.5. The molecular weight excluding hydrogens is 368 g/mol. The molecule has 0 radical (unpaired) electrons. The number of anilines is 1. The van der Waals surface area contributed by atoms with Gasteiger partial charge in [-0.3, -0.25) is 23.7 Å². The van der Waals surface area contributed by atoms with Gasteiger partial charge in [-0.1, -0.05) is 30.3 Å². The smallest absolute Gasteiger partial charge is 0.328 e. The predicted octanol–water partition coefficient (Wildman–Crippen LogP) is 0.476. The highest BCUT2D eigenvalue weighted by atomic mass is 16.7. The molecule has 1 saturated heterocycles. The lowest BCUT2D eigenvalue weighted by Gasteiger charge is -2.16. The summed E-state index contributed by atoms with van der Waals surface area (Å²) >= 11 is 0. The second-order valence-corrected chi connectivity index (χ2v) is 5.98. The molecule has 1 aliphatic rings. The molecule has 2 heterocycles. The molecule has 0 spiro atoms. The van der Waals surface area contributed by atoms with Gasteiger partial charge in [-0.15, -0.1) is 5.06 Å². The van der Waals surface area contributed by atoms with Crippen LogP contribution in [0, 0.1) is 0 Å². The molecule has 0 bridgehead atoms. The van der Waals surface area contributed by atoms with Crippen molar-refractivity contribution in [3.8, 4) is 11.4 Å². The van der Waals surface area contributed by atoms with E-state index in [-0.39, 0.29) is 24.4 Å². The number of nitrogens with zero attached hydrogens (tertiary/aromatic N) is 3. The van der Waals surface area contributed by atoms with Gasteiger partial charge in [0, 0.05) is 25.3 Å². The van der Waals surface area contributed by atoms with E-state index in [1.807, 2.05) is 0 Å². The molecule has 3 amide bonds. The van der Waals surface area contributed by atoms with E-state index >= 15 is 0 Å². The highest BCUT2D eigenvalue weighted by Gasteiger charge is 2.33. The van der Waals surface area contributed by atoms with Gasteiger partial charge in [0.15, 0.2) is 0 Å². The molecule has 28 heavy (non-hydrogen) atoms. The summed E-state index contributed by atoms with van der Waals surface area (Å²) in [7, 11) is 0. The zero-order valence-corrected chi connectivity index (χ0v) is 14.9. The standard InChI is InChI=1S/C18H16N4O6/c1-11(23)20-13-9-19-17(12-5-3-2-4-6-12)21(18(13)27)10-16(26)28-22-14(24)7-8-15(22)25/h2-6,9H,7-8,10H2,1H3,(H,20,23). The lowest BCUT2D eigenvalue weighted by molar-refractivity contribution is -0.197. The van der Waals surface area contributed by atoms with Crippen LogP contribution in [0.2, 0.25) is 0 Å². The average molecular weight is 384 g/mol. The Balaban J connectivity index is 1.95. The molecule has 0 unspecified atom stereocenters. The van der Waals surface area contributed by atoms with Crippen LogP contribution in [0.25, 0.3) is 11.4 Å². The summed E-state index contributed by atoms with van der Waals surface area (Å²) in [4.78, 5) is 68.5. The molecule has 3 rings (SSSR count). The van der Waals surface area contributed by atoms with Crippen molar-refractivity contribution in [2.45, 2.75) is 26.3 Å². The van der Waals surface area contributed by atoms with E-state index in [9.17, 15) is 24.0 Å². The number of rotatable bonds is 5. The maximum absolute atomic E-state index is 12.8. The van der Waals surface area contributed by atoms with Crippen molar-refractivity contribution in [3.63, 3.8) is 0 Å². The number of hydroxylamine groups is 2. The predicted molar refractivity (Wildman–Crippen MR) is 95.4 cm³/mol. The van der Waals surface area contributed by atoms with Crippen molar-refractivity contribution in [2.75, 3.05) is 5.32 Å². The van der Waals surface area contributed by atoms with Crippen LogP contribution in [0.15, 0.2) is 41.3 Å². The van der Waals surface area contributed by atoms with Gasteiger partial charge in [-0.25, -0.2) is 9.78 Å². The van der Waals surface area contributed by atoms with Crippen LogP contribution in [-0.4, -0.2) is 38.3 Å². The summed E-state index contributed by atoms with van der Waals surface area (Å²) in [5.74, 6) is -2.56. The molecule has 1 fully saturated rings. The van der Waals surface area contributed by atoms with Crippen LogP contribution in [0.4, 0.5) is 5.69 Å². The molecule has 2 aromatic rings. The summed E-state index contributed by atoms with van der Waals surface area (Å²) < 4.78 is 1.01. The fourth-order valence-electron chi connectivity index (χ4n) is 2.65. The van der Waals surface area contributed by atoms with Crippen LogP contribution < -0.4 is 10.9 Å². The van der Waals surface area contributed by atoms with Crippen LogP contribution in [0.1, 0.15) is 19.8 Å². The quantitative estimate of drug-likeness (QED) is 0.743. The molecule has 0 saturated carbocycles. The Morgan fingerprint density at radius 2 is 1.75 bits per heavy atom. The van der Waals surface area contributed by atoms with Crippen LogP contribution in [0.5, 0.6) is 0 Å². The first-order valence-electron chi connectivity index (χ1n) is 8.36. The Bertz CT molecular complexity index is 998. The lowest BCUT2D eigenvalue weighted by Crippen LogP contribution is -2.36. The summed E-state index contributed by atoms with van der Waals surface area (Å²) in [6.07, 6.45) is 1.11. The summed E-state index contributed by atoms with van der Waals surface area (Å²) in [5, 5.41) is 2.75. The van der Waals surface area contributed by atoms with E-state index in [4.69, 9.17) is 4.84 Å². The monoisotopic (exact) mass is 384 g/mol. The van der Waals surface area contributed by atoms with E-state index in [1.165, 1.54) is 13.1 Å². The summed E-state index contributed by atoms with van der Waals surface area (Å²) in [6.45, 7) is 0.619. The summed E-state index contributed by atoms with van der Waals surface area (Å²) in [5.41, 5.74) is -0.247. The molecule has 144 valence electrons. The van der Waals surface area contributed by atoms with Crippen molar-refractivity contribution in [1.29, 1.82) is 0 Å². The van der Waals surface area contributed by atoms with Crippen LogP contribution >= 0.6 is 0 Å². The minimum absolute atomic E-state index is 0.0408. The molecule has 1 aromatic heterocycles. The van der Waals surface area contributed by atoms with Crippen molar-refractivity contribution < 1.29 is 24.0 Å². The molecular formula is C18H16N4O6. The minimum Gasteiger partial charge on any atom is -0.328 e. The fraction of sp³-hybridized carbons (Fsp3) is 0.222. The van der Waals surface area contributed by atoms with E-state index in [1.54, 1.807) is 30.3 Å². The first-order valence-corrected chi connectivity index (χ1v) is 8.36. The Kier molecular flexibility index (Phi) is 5.30. The number of carbonyl (C=O) groups is 4. The first kappa shape index (κ1) is 19.0. The Morgan fingerprint density at radius 3 is 2.36 bits per heavy atom. The van der Waals surface area contributed by atoms with Crippen molar-refractivity contribution in [3.05, 3.63) is 46.9 Å². The van der Waals surface area contributed by atoms with Crippen molar-refractivity contribution >= 4 is 29.4 Å². The number of benzene rings is 1. The third-order valence-corrected chi connectivity index (χ3v) is 3.88. The molecule has 10 nitrogen and oxygen atoms in total. The van der Waals surface area contributed by atoms with Crippen LogP contribution in [0.3, 0.4) is 0 Å². The average Bonchev–Trinajstić information content (AvgIpc) is 2.97. The zero-order chi connectivity index (χ0) is 20.3. The van der Waals surface area contributed by atoms with E-state index < -0.39 is 35.8 Å². The number of amides is 3. The third-order valence-electron chi connectivity index (χ3n) is 3.88. The number of imide groups is 1. The number of hydrogen-bond donors (Lipinski definition) is 1. The number of hydrogen-bond acceptors (Lipinski definition) is 7. The van der Waals surface area contributed by atoms with E-state index in [0.29, 0.717) is 10.6 Å². The van der Waals surface area contributed by atoms with Crippen molar-refractivity contribution in [2.24, 2.45) is 0 Å². The first-order chi connectivity index (χ1) is 13.4. The third kappa shape index (κ3) is 3.95. The largest absolute Gasteiger partial charge is 0.352 e. The van der Waals surface area contributed by atoms with Gasteiger partial charge >= 0.3 is 5.97 Å². The van der Waals surface area contributed by atoms with Gasteiger partial charge in [-0.2, -0.15) is 0 Å².